The van der Waals surface area contributed by atoms with E-state index in [9.17, 15) is 4.79 Å². The number of hydrogen-bond donors (Lipinski definition) is 0. The molecule has 0 aromatic carbocycles. The van der Waals surface area contributed by atoms with Crippen LogP contribution in [0.15, 0.2) is 0 Å². The summed E-state index contributed by atoms with van der Waals surface area (Å²) in [7, 11) is 0. The lowest BCUT2D eigenvalue weighted by Gasteiger charge is -2.05. The van der Waals surface area contributed by atoms with Crippen molar-refractivity contribution in [3.63, 3.8) is 0 Å². The lowest BCUT2D eigenvalue weighted by Crippen LogP contribution is -2.13. The molecule has 2 atom stereocenters. The molecule has 11 heavy (non-hydrogen) atoms. The van der Waals surface area contributed by atoms with E-state index in [1.54, 1.807) is 0 Å². The highest BCUT2D eigenvalue weighted by Gasteiger charge is 2.36. The summed E-state index contributed by atoms with van der Waals surface area (Å²) in [5.41, 5.74) is 0. The Balaban J connectivity index is 2.11. The number of epoxide rings is 1. The molecule has 0 bridgehead atoms. The molecule has 0 aliphatic carbocycles. The molecule has 0 amide bonds. The Morgan fingerprint density at radius 1 is 1.64 bits per heavy atom. The minimum atomic E-state index is -0.158. The molecule has 0 radical (unpaired) electrons. The van der Waals surface area contributed by atoms with Crippen LogP contribution >= 0.6 is 0 Å². The van der Waals surface area contributed by atoms with Crippen molar-refractivity contribution >= 4 is 5.97 Å². The predicted octanol–water partition coefficient (Wildman–Crippen LogP) is 1.12. The van der Waals surface area contributed by atoms with E-state index in [-0.39, 0.29) is 24.3 Å². The van der Waals surface area contributed by atoms with E-state index in [0.717, 1.165) is 0 Å². The van der Waals surface area contributed by atoms with Crippen LogP contribution in [-0.4, -0.2) is 24.3 Å². The topological polar surface area (TPSA) is 38.8 Å². The van der Waals surface area contributed by atoms with Gasteiger partial charge in [0.2, 0.25) is 0 Å². The van der Waals surface area contributed by atoms with E-state index < -0.39 is 0 Å². The second-order valence-electron chi connectivity index (χ2n) is 3.12. The first kappa shape index (κ1) is 8.53. The summed E-state index contributed by atoms with van der Waals surface area (Å²) in [5.74, 6) is -0.158. The molecule has 0 spiro atoms. The highest BCUT2D eigenvalue weighted by Crippen LogP contribution is 2.24. The summed E-state index contributed by atoms with van der Waals surface area (Å²) in [6.07, 6.45) is 0.742. The van der Waals surface area contributed by atoms with Gasteiger partial charge in [0.25, 0.3) is 0 Å². The van der Waals surface area contributed by atoms with Crippen LogP contribution < -0.4 is 0 Å². The van der Waals surface area contributed by atoms with Crippen molar-refractivity contribution in [3.05, 3.63) is 0 Å². The third kappa shape index (κ3) is 2.89. The molecule has 1 fully saturated rings. The highest BCUT2D eigenvalue weighted by molar-refractivity contribution is 5.70. The Bertz CT molecular complexity index is 153. The van der Waals surface area contributed by atoms with Crippen molar-refractivity contribution < 1.29 is 14.3 Å². The smallest absolute Gasteiger partial charge is 0.308 e. The summed E-state index contributed by atoms with van der Waals surface area (Å²) in [6.45, 7) is 5.64. The first-order valence-corrected chi connectivity index (χ1v) is 3.94. The summed E-state index contributed by atoms with van der Waals surface area (Å²) in [6, 6.07) is 0. The number of carbonyl (C=O) groups excluding carboxylic acids is 1. The Hall–Kier alpha value is -0.570. The van der Waals surface area contributed by atoms with E-state index in [0.29, 0.717) is 6.42 Å². The zero-order valence-corrected chi connectivity index (χ0v) is 7.16. The molecule has 0 saturated carbocycles. The molecular weight excluding hydrogens is 144 g/mol. The van der Waals surface area contributed by atoms with Crippen LogP contribution in [0.25, 0.3) is 0 Å². The number of hydrogen-bond acceptors (Lipinski definition) is 3. The van der Waals surface area contributed by atoms with E-state index in [1.807, 2.05) is 20.8 Å². The number of carbonyl (C=O) groups is 1. The lowest BCUT2D eigenvalue weighted by atomic mass is 10.2. The molecule has 2 unspecified atom stereocenters. The Morgan fingerprint density at radius 2 is 2.18 bits per heavy atom. The quantitative estimate of drug-likeness (QED) is 0.456. The van der Waals surface area contributed by atoms with E-state index in [4.69, 9.17) is 9.47 Å². The normalized spacial score (nSPS) is 28.7. The average molecular weight is 158 g/mol. The van der Waals surface area contributed by atoms with Gasteiger partial charge in [0.15, 0.2) is 0 Å². The maximum atomic E-state index is 10.9. The molecule has 64 valence electrons. The molecule has 3 nitrogen and oxygen atoms in total. The van der Waals surface area contributed by atoms with Crippen molar-refractivity contribution in [2.75, 3.05) is 0 Å². The maximum absolute atomic E-state index is 10.9. The predicted molar refractivity (Wildman–Crippen MR) is 40.2 cm³/mol. The number of rotatable bonds is 3. The van der Waals surface area contributed by atoms with Gasteiger partial charge in [0.1, 0.15) is 0 Å². The molecule has 0 N–H and O–H groups in total. The molecule has 1 rings (SSSR count). The fourth-order valence-corrected chi connectivity index (χ4v) is 0.920. The first-order chi connectivity index (χ1) is 5.09. The van der Waals surface area contributed by atoms with E-state index in [2.05, 4.69) is 0 Å². The van der Waals surface area contributed by atoms with E-state index >= 15 is 0 Å². The van der Waals surface area contributed by atoms with Crippen molar-refractivity contribution in [1.82, 2.24) is 0 Å². The van der Waals surface area contributed by atoms with Gasteiger partial charge in [-0.15, -0.1) is 0 Å². The van der Waals surface area contributed by atoms with Gasteiger partial charge in [0, 0.05) is 0 Å². The van der Waals surface area contributed by atoms with Crippen molar-refractivity contribution in [2.45, 2.75) is 45.5 Å². The molecule has 1 aliphatic rings. The highest BCUT2D eigenvalue weighted by atomic mass is 16.6. The molecule has 1 saturated heterocycles. The largest absolute Gasteiger partial charge is 0.463 e. The van der Waals surface area contributed by atoms with Gasteiger partial charge in [-0.25, -0.2) is 0 Å². The van der Waals surface area contributed by atoms with Crippen LogP contribution in [0.2, 0.25) is 0 Å². The summed E-state index contributed by atoms with van der Waals surface area (Å²) in [5, 5.41) is 0. The average Bonchev–Trinajstić information content (AvgIpc) is 2.43. The molecule has 3 heteroatoms. The maximum Gasteiger partial charge on any atom is 0.308 e. The van der Waals surface area contributed by atoms with Crippen molar-refractivity contribution in [2.24, 2.45) is 0 Å². The second kappa shape index (κ2) is 3.22. The van der Waals surface area contributed by atoms with Crippen LogP contribution in [-0.2, 0) is 14.3 Å². The van der Waals surface area contributed by atoms with Gasteiger partial charge >= 0.3 is 5.97 Å². The van der Waals surface area contributed by atoms with Crippen molar-refractivity contribution in [3.8, 4) is 0 Å². The van der Waals surface area contributed by atoms with Gasteiger partial charge in [-0.1, -0.05) is 0 Å². The summed E-state index contributed by atoms with van der Waals surface area (Å²) >= 11 is 0. The number of esters is 1. The second-order valence-corrected chi connectivity index (χ2v) is 3.12. The third-order valence-corrected chi connectivity index (χ3v) is 1.57. The van der Waals surface area contributed by atoms with Gasteiger partial charge in [0.05, 0.1) is 24.7 Å². The van der Waals surface area contributed by atoms with Crippen LogP contribution in [0.1, 0.15) is 27.2 Å². The van der Waals surface area contributed by atoms with Gasteiger partial charge < -0.3 is 9.47 Å². The fraction of sp³-hybridized carbons (Fsp3) is 0.875. The summed E-state index contributed by atoms with van der Waals surface area (Å²) in [4.78, 5) is 10.9. The van der Waals surface area contributed by atoms with Gasteiger partial charge in [-0.2, -0.15) is 0 Å². The molecule has 1 aliphatic heterocycles. The van der Waals surface area contributed by atoms with Crippen LogP contribution in [0, 0.1) is 0 Å². The van der Waals surface area contributed by atoms with E-state index in [1.165, 1.54) is 0 Å². The molecule has 1 heterocycles. The standard InChI is InChI=1S/C8H14O3/c1-5(2)10-8(9)4-7-6(3)11-7/h5-7H,4H2,1-3H3. The van der Waals surface area contributed by atoms with Crippen molar-refractivity contribution in [1.29, 1.82) is 0 Å². The zero-order valence-electron chi connectivity index (χ0n) is 7.16. The molecule has 0 aromatic heterocycles. The monoisotopic (exact) mass is 158 g/mol. The first-order valence-electron chi connectivity index (χ1n) is 3.94. The Morgan fingerprint density at radius 3 is 2.55 bits per heavy atom. The Kier molecular flexibility index (Phi) is 2.49. The minimum Gasteiger partial charge on any atom is -0.463 e. The van der Waals surface area contributed by atoms with Gasteiger partial charge in [-0.3, -0.25) is 4.79 Å². The third-order valence-electron chi connectivity index (χ3n) is 1.57. The number of ether oxygens (including phenoxy) is 2. The fourth-order valence-electron chi connectivity index (χ4n) is 0.920. The summed E-state index contributed by atoms with van der Waals surface area (Å²) < 4.78 is 10.00. The van der Waals surface area contributed by atoms with Crippen LogP contribution in [0.5, 0.6) is 0 Å². The Labute approximate surface area is 66.7 Å². The van der Waals surface area contributed by atoms with Crippen LogP contribution in [0.4, 0.5) is 0 Å². The lowest BCUT2D eigenvalue weighted by molar-refractivity contribution is -0.147. The zero-order chi connectivity index (χ0) is 8.43. The minimum absolute atomic E-state index is 0.0171. The molecule has 0 aromatic rings. The SMILES string of the molecule is CC(C)OC(=O)CC1OC1C. The molecular formula is C8H14O3. The van der Waals surface area contributed by atoms with Gasteiger partial charge in [-0.05, 0) is 20.8 Å². The van der Waals surface area contributed by atoms with Crippen LogP contribution in [0.3, 0.4) is 0 Å².